The molecule has 1 atom stereocenters. The lowest BCUT2D eigenvalue weighted by molar-refractivity contribution is 0.378. The van der Waals surface area contributed by atoms with Crippen LogP contribution in [0.15, 0.2) is 24.3 Å². The number of rotatable bonds is 4. The summed E-state index contributed by atoms with van der Waals surface area (Å²) in [5.41, 5.74) is 2.79. The van der Waals surface area contributed by atoms with Crippen LogP contribution in [-0.2, 0) is 0 Å². The first-order valence-electron chi connectivity index (χ1n) is 6.82. The Morgan fingerprint density at radius 3 is 2.72 bits per heavy atom. The molecule has 1 aromatic rings. The second-order valence-electron chi connectivity index (χ2n) is 5.04. The van der Waals surface area contributed by atoms with E-state index in [1.54, 1.807) is 0 Å². The highest BCUT2D eigenvalue weighted by atomic mass is 35.5. The highest BCUT2D eigenvalue weighted by molar-refractivity contribution is 5.85. The van der Waals surface area contributed by atoms with Gasteiger partial charge in [0.1, 0.15) is 0 Å². The van der Waals surface area contributed by atoms with Crippen LogP contribution in [0.1, 0.15) is 25.3 Å². The molecule has 1 heterocycles. The van der Waals surface area contributed by atoms with E-state index < -0.39 is 0 Å². The van der Waals surface area contributed by atoms with Crippen LogP contribution in [0.25, 0.3) is 0 Å². The maximum atomic E-state index is 3.50. The normalized spacial score (nSPS) is 19.1. The third kappa shape index (κ3) is 3.89. The standard InChI is InChI=1S/C15H24N2.ClH/c1-3-17(12-14-8-6-10-16-11-14)15-9-5-4-7-13(15)2;/h4-5,7,9,14,16H,3,6,8,10-12H2,1-2H3;1H. The molecule has 2 rings (SSSR count). The van der Waals surface area contributed by atoms with Crippen molar-refractivity contribution in [2.45, 2.75) is 26.7 Å². The van der Waals surface area contributed by atoms with Gasteiger partial charge in [-0.05, 0) is 57.3 Å². The second-order valence-corrected chi connectivity index (χ2v) is 5.04. The summed E-state index contributed by atoms with van der Waals surface area (Å²) < 4.78 is 0. The van der Waals surface area contributed by atoms with E-state index in [9.17, 15) is 0 Å². The Balaban J connectivity index is 0.00000162. The lowest BCUT2D eigenvalue weighted by Gasteiger charge is -2.31. The van der Waals surface area contributed by atoms with E-state index in [0.29, 0.717) is 0 Å². The molecular weight excluding hydrogens is 244 g/mol. The van der Waals surface area contributed by atoms with Gasteiger partial charge in [-0.3, -0.25) is 0 Å². The minimum atomic E-state index is 0. The zero-order chi connectivity index (χ0) is 12.1. The van der Waals surface area contributed by atoms with Gasteiger partial charge in [-0.15, -0.1) is 12.4 Å². The van der Waals surface area contributed by atoms with Crippen molar-refractivity contribution in [2.24, 2.45) is 5.92 Å². The molecule has 102 valence electrons. The number of aryl methyl sites for hydroxylation is 1. The van der Waals surface area contributed by atoms with Gasteiger partial charge >= 0.3 is 0 Å². The maximum Gasteiger partial charge on any atom is 0.0395 e. The number of nitrogens with zero attached hydrogens (tertiary/aromatic N) is 1. The van der Waals surface area contributed by atoms with Gasteiger partial charge < -0.3 is 10.2 Å². The SMILES string of the molecule is CCN(CC1CCCNC1)c1ccccc1C.Cl. The molecule has 1 aliphatic heterocycles. The van der Waals surface area contributed by atoms with Gasteiger partial charge in [0, 0.05) is 18.8 Å². The largest absolute Gasteiger partial charge is 0.371 e. The minimum Gasteiger partial charge on any atom is -0.371 e. The molecule has 3 heteroatoms. The third-order valence-electron chi connectivity index (χ3n) is 3.72. The van der Waals surface area contributed by atoms with Crippen molar-refractivity contribution in [3.63, 3.8) is 0 Å². The predicted octanol–water partition coefficient (Wildman–Crippen LogP) is 3.24. The maximum absolute atomic E-state index is 3.50. The number of piperidine rings is 1. The number of nitrogens with one attached hydrogen (secondary N) is 1. The molecule has 1 aliphatic rings. The van der Waals surface area contributed by atoms with Crippen LogP contribution in [0.3, 0.4) is 0 Å². The summed E-state index contributed by atoms with van der Waals surface area (Å²) in [7, 11) is 0. The zero-order valence-electron chi connectivity index (χ0n) is 11.5. The number of para-hydroxylation sites is 1. The summed E-state index contributed by atoms with van der Waals surface area (Å²) in [5, 5.41) is 3.50. The van der Waals surface area contributed by atoms with Crippen LogP contribution in [0.2, 0.25) is 0 Å². The Bertz CT molecular complexity index is 348. The van der Waals surface area contributed by atoms with Crippen molar-refractivity contribution >= 4 is 18.1 Å². The number of benzene rings is 1. The average Bonchev–Trinajstić information content (AvgIpc) is 2.38. The quantitative estimate of drug-likeness (QED) is 0.902. The number of hydrogen-bond donors (Lipinski definition) is 1. The number of anilines is 1. The van der Waals surface area contributed by atoms with E-state index in [-0.39, 0.29) is 12.4 Å². The van der Waals surface area contributed by atoms with E-state index in [0.717, 1.165) is 12.5 Å². The lowest BCUT2D eigenvalue weighted by atomic mass is 9.98. The summed E-state index contributed by atoms with van der Waals surface area (Å²) in [6, 6.07) is 8.71. The fourth-order valence-electron chi connectivity index (χ4n) is 2.71. The molecule has 18 heavy (non-hydrogen) atoms. The van der Waals surface area contributed by atoms with Crippen LogP contribution in [0.5, 0.6) is 0 Å². The van der Waals surface area contributed by atoms with Gasteiger partial charge in [-0.2, -0.15) is 0 Å². The van der Waals surface area contributed by atoms with E-state index >= 15 is 0 Å². The summed E-state index contributed by atoms with van der Waals surface area (Å²) in [4.78, 5) is 2.52. The Hall–Kier alpha value is -0.730. The van der Waals surface area contributed by atoms with Crippen LogP contribution in [-0.4, -0.2) is 26.2 Å². The van der Waals surface area contributed by atoms with Crippen LogP contribution >= 0.6 is 12.4 Å². The first kappa shape index (κ1) is 15.3. The van der Waals surface area contributed by atoms with Crippen LogP contribution in [0, 0.1) is 12.8 Å². The predicted molar refractivity (Wildman–Crippen MR) is 81.9 cm³/mol. The molecule has 0 amide bonds. The highest BCUT2D eigenvalue weighted by Gasteiger charge is 2.17. The van der Waals surface area contributed by atoms with E-state index in [1.165, 1.54) is 43.7 Å². The average molecular weight is 269 g/mol. The Labute approximate surface area is 117 Å². The Kier molecular flexibility index (Phi) is 6.51. The van der Waals surface area contributed by atoms with Gasteiger partial charge in [-0.25, -0.2) is 0 Å². The summed E-state index contributed by atoms with van der Waals surface area (Å²) in [5.74, 6) is 0.809. The molecule has 1 aromatic carbocycles. The monoisotopic (exact) mass is 268 g/mol. The van der Waals surface area contributed by atoms with Crippen molar-refractivity contribution in [1.82, 2.24) is 5.32 Å². The van der Waals surface area contributed by atoms with Crippen molar-refractivity contribution in [3.8, 4) is 0 Å². The van der Waals surface area contributed by atoms with E-state index in [2.05, 4.69) is 48.3 Å². The van der Waals surface area contributed by atoms with Crippen molar-refractivity contribution in [1.29, 1.82) is 0 Å². The zero-order valence-corrected chi connectivity index (χ0v) is 12.3. The molecule has 0 bridgehead atoms. The molecule has 0 spiro atoms. The fourth-order valence-corrected chi connectivity index (χ4v) is 2.71. The second kappa shape index (κ2) is 7.65. The molecule has 0 saturated carbocycles. The minimum absolute atomic E-state index is 0. The summed E-state index contributed by atoms with van der Waals surface area (Å²) in [6.07, 6.45) is 2.70. The number of halogens is 1. The lowest BCUT2D eigenvalue weighted by Crippen LogP contribution is -2.38. The Morgan fingerprint density at radius 1 is 1.33 bits per heavy atom. The first-order chi connectivity index (χ1) is 8.31. The molecule has 0 aromatic heterocycles. The topological polar surface area (TPSA) is 15.3 Å². The molecule has 1 unspecified atom stereocenters. The van der Waals surface area contributed by atoms with Gasteiger partial charge in [-0.1, -0.05) is 18.2 Å². The van der Waals surface area contributed by atoms with E-state index in [1.807, 2.05) is 0 Å². The molecule has 1 N–H and O–H groups in total. The molecule has 0 aliphatic carbocycles. The van der Waals surface area contributed by atoms with Crippen molar-refractivity contribution in [3.05, 3.63) is 29.8 Å². The Morgan fingerprint density at radius 2 is 2.11 bits per heavy atom. The van der Waals surface area contributed by atoms with Crippen LogP contribution < -0.4 is 10.2 Å². The summed E-state index contributed by atoms with van der Waals surface area (Å²) in [6.45, 7) is 9.13. The smallest absolute Gasteiger partial charge is 0.0395 e. The highest BCUT2D eigenvalue weighted by Crippen LogP contribution is 2.22. The molecule has 1 fully saturated rings. The molecular formula is C15H25ClN2. The van der Waals surface area contributed by atoms with Gasteiger partial charge in [0.05, 0.1) is 0 Å². The van der Waals surface area contributed by atoms with Gasteiger partial charge in [0.15, 0.2) is 0 Å². The van der Waals surface area contributed by atoms with Crippen molar-refractivity contribution < 1.29 is 0 Å². The van der Waals surface area contributed by atoms with E-state index in [4.69, 9.17) is 0 Å². The molecule has 2 nitrogen and oxygen atoms in total. The van der Waals surface area contributed by atoms with Crippen molar-refractivity contribution in [2.75, 3.05) is 31.1 Å². The first-order valence-corrected chi connectivity index (χ1v) is 6.82. The molecule has 0 radical (unpaired) electrons. The van der Waals surface area contributed by atoms with Gasteiger partial charge in [0.25, 0.3) is 0 Å². The fraction of sp³-hybridized carbons (Fsp3) is 0.600. The number of hydrogen-bond acceptors (Lipinski definition) is 2. The van der Waals surface area contributed by atoms with Crippen LogP contribution in [0.4, 0.5) is 5.69 Å². The third-order valence-corrected chi connectivity index (χ3v) is 3.72. The summed E-state index contributed by atoms with van der Waals surface area (Å²) >= 11 is 0. The molecule has 1 saturated heterocycles. The van der Waals surface area contributed by atoms with Gasteiger partial charge in [0.2, 0.25) is 0 Å².